The molecule has 1 aromatic heterocycles. The molecule has 7 heteroatoms. The van der Waals surface area contributed by atoms with Crippen molar-refractivity contribution in [3.05, 3.63) is 102 Å². The number of aromatic nitrogens is 2. The highest BCUT2D eigenvalue weighted by molar-refractivity contribution is 7.18. The molecule has 4 aromatic rings. The number of benzene rings is 3. The fraction of sp³-hybridized carbons (Fsp3) is 0.0435. The largest absolute Gasteiger partial charge is 0.336 e. The Labute approximate surface area is 177 Å². The van der Waals surface area contributed by atoms with Crippen LogP contribution < -0.4 is 10.6 Å². The van der Waals surface area contributed by atoms with Crippen LogP contribution in [0.4, 0.5) is 5.13 Å². The second-order valence-corrected chi connectivity index (χ2v) is 7.43. The van der Waals surface area contributed by atoms with Crippen LogP contribution in [0, 0.1) is 0 Å². The molecule has 30 heavy (non-hydrogen) atoms. The number of nitrogens with one attached hydrogen (secondary N) is 2. The topological polar surface area (TPSA) is 84.0 Å². The van der Waals surface area contributed by atoms with Gasteiger partial charge in [-0.15, -0.1) is 10.2 Å². The fourth-order valence-electron chi connectivity index (χ4n) is 2.90. The van der Waals surface area contributed by atoms with E-state index in [1.54, 1.807) is 36.4 Å². The SMILES string of the molecule is O=C(NC(C(=O)Nc1nnc(-c2ccccc2)s1)c1ccccc1)c1ccccc1. The Morgan fingerprint density at radius 2 is 1.37 bits per heavy atom. The van der Waals surface area contributed by atoms with Crippen LogP contribution in [0.5, 0.6) is 0 Å². The zero-order chi connectivity index (χ0) is 20.8. The number of carbonyl (C=O) groups excluding carboxylic acids is 2. The van der Waals surface area contributed by atoms with Gasteiger partial charge in [0.25, 0.3) is 11.8 Å². The molecule has 0 saturated carbocycles. The van der Waals surface area contributed by atoms with Gasteiger partial charge in [-0.05, 0) is 17.7 Å². The summed E-state index contributed by atoms with van der Waals surface area (Å²) in [5.41, 5.74) is 2.08. The summed E-state index contributed by atoms with van der Waals surface area (Å²) in [6, 6.07) is 26.6. The highest BCUT2D eigenvalue weighted by Gasteiger charge is 2.24. The fourth-order valence-corrected chi connectivity index (χ4v) is 3.65. The van der Waals surface area contributed by atoms with Gasteiger partial charge in [-0.3, -0.25) is 14.9 Å². The molecule has 2 amide bonds. The molecule has 6 nitrogen and oxygen atoms in total. The minimum atomic E-state index is -0.872. The van der Waals surface area contributed by atoms with Gasteiger partial charge in [-0.2, -0.15) is 0 Å². The van der Waals surface area contributed by atoms with Crippen LogP contribution in [0.25, 0.3) is 10.6 Å². The number of anilines is 1. The van der Waals surface area contributed by atoms with E-state index in [1.165, 1.54) is 11.3 Å². The molecule has 148 valence electrons. The molecule has 0 aliphatic heterocycles. The van der Waals surface area contributed by atoms with Crippen molar-refractivity contribution in [1.29, 1.82) is 0 Å². The van der Waals surface area contributed by atoms with E-state index in [-0.39, 0.29) is 11.8 Å². The van der Waals surface area contributed by atoms with E-state index in [1.807, 2.05) is 54.6 Å². The van der Waals surface area contributed by atoms with Gasteiger partial charge in [0.2, 0.25) is 5.13 Å². The Morgan fingerprint density at radius 3 is 2.03 bits per heavy atom. The first-order valence-corrected chi connectivity index (χ1v) is 10.1. The summed E-state index contributed by atoms with van der Waals surface area (Å²) < 4.78 is 0. The summed E-state index contributed by atoms with van der Waals surface area (Å²) in [7, 11) is 0. The highest BCUT2D eigenvalue weighted by Crippen LogP contribution is 2.27. The minimum Gasteiger partial charge on any atom is -0.336 e. The van der Waals surface area contributed by atoms with E-state index in [0.29, 0.717) is 21.3 Å². The molecular weight excluding hydrogens is 396 g/mol. The zero-order valence-corrected chi connectivity index (χ0v) is 16.7. The van der Waals surface area contributed by atoms with Gasteiger partial charge in [-0.1, -0.05) is 90.2 Å². The summed E-state index contributed by atoms with van der Waals surface area (Å²) in [5, 5.41) is 14.9. The number of carbonyl (C=O) groups is 2. The van der Waals surface area contributed by atoms with Crippen molar-refractivity contribution in [3.63, 3.8) is 0 Å². The molecule has 1 unspecified atom stereocenters. The van der Waals surface area contributed by atoms with E-state index in [0.717, 1.165) is 5.56 Å². The average Bonchev–Trinajstić information content (AvgIpc) is 3.27. The van der Waals surface area contributed by atoms with Crippen LogP contribution in [0.15, 0.2) is 91.0 Å². The number of nitrogens with zero attached hydrogens (tertiary/aromatic N) is 2. The lowest BCUT2D eigenvalue weighted by atomic mass is 10.1. The molecule has 4 rings (SSSR count). The van der Waals surface area contributed by atoms with E-state index in [4.69, 9.17) is 0 Å². The van der Waals surface area contributed by atoms with E-state index >= 15 is 0 Å². The summed E-state index contributed by atoms with van der Waals surface area (Å²) in [4.78, 5) is 25.7. The van der Waals surface area contributed by atoms with Crippen LogP contribution in [0.1, 0.15) is 22.0 Å². The van der Waals surface area contributed by atoms with Crippen molar-refractivity contribution >= 4 is 28.3 Å². The molecule has 1 heterocycles. The number of hydrogen-bond acceptors (Lipinski definition) is 5. The average molecular weight is 414 g/mol. The molecule has 2 N–H and O–H groups in total. The third kappa shape index (κ3) is 4.59. The molecule has 0 radical (unpaired) electrons. The highest BCUT2D eigenvalue weighted by atomic mass is 32.1. The maximum atomic E-state index is 13.0. The number of hydrogen-bond donors (Lipinski definition) is 2. The van der Waals surface area contributed by atoms with Gasteiger partial charge >= 0.3 is 0 Å². The lowest BCUT2D eigenvalue weighted by Gasteiger charge is -2.18. The van der Waals surface area contributed by atoms with Crippen LogP contribution >= 0.6 is 11.3 Å². The Hall–Kier alpha value is -3.84. The third-order valence-electron chi connectivity index (χ3n) is 4.38. The molecule has 1 atom stereocenters. The number of amides is 2. The molecule has 0 aliphatic rings. The predicted octanol–water partition coefficient (Wildman–Crippen LogP) is 4.31. The summed E-state index contributed by atoms with van der Waals surface area (Å²) >= 11 is 1.28. The van der Waals surface area contributed by atoms with Gasteiger partial charge in [0.15, 0.2) is 0 Å². The van der Waals surface area contributed by atoms with Crippen molar-refractivity contribution in [2.75, 3.05) is 5.32 Å². The Bertz CT molecular complexity index is 1130. The van der Waals surface area contributed by atoms with E-state index < -0.39 is 6.04 Å². The van der Waals surface area contributed by atoms with Gasteiger partial charge in [-0.25, -0.2) is 0 Å². The summed E-state index contributed by atoms with van der Waals surface area (Å²) in [5.74, 6) is -0.719. The normalized spacial score (nSPS) is 11.5. The molecular formula is C23H18N4O2S. The second kappa shape index (κ2) is 9.11. The smallest absolute Gasteiger partial charge is 0.253 e. The lowest BCUT2D eigenvalue weighted by molar-refractivity contribution is -0.118. The maximum Gasteiger partial charge on any atom is 0.253 e. The van der Waals surface area contributed by atoms with Crippen LogP contribution in [-0.2, 0) is 4.79 Å². The Morgan fingerprint density at radius 1 is 0.767 bits per heavy atom. The molecule has 3 aromatic carbocycles. The van der Waals surface area contributed by atoms with Gasteiger partial charge in [0, 0.05) is 11.1 Å². The van der Waals surface area contributed by atoms with E-state index in [9.17, 15) is 9.59 Å². The van der Waals surface area contributed by atoms with Crippen LogP contribution in [-0.4, -0.2) is 22.0 Å². The van der Waals surface area contributed by atoms with Crippen molar-refractivity contribution in [3.8, 4) is 10.6 Å². The maximum absolute atomic E-state index is 13.0. The quantitative estimate of drug-likeness (QED) is 0.492. The predicted molar refractivity (Wildman–Crippen MR) is 117 cm³/mol. The van der Waals surface area contributed by atoms with Crippen molar-refractivity contribution in [2.24, 2.45) is 0 Å². The minimum absolute atomic E-state index is 0.332. The summed E-state index contributed by atoms with van der Waals surface area (Å²) in [6.07, 6.45) is 0. The van der Waals surface area contributed by atoms with Gasteiger partial charge in [0.1, 0.15) is 11.0 Å². The van der Waals surface area contributed by atoms with Crippen LogP contribution in [0.3, 0.4) is 0 Å². The van der Waals surface area contributed by atoms with Crippen molar-refractivity contribution in [1.82, 2.24) is 15.5 Å². The monoisotopic (exact) mass is 414 g/mol. The first-order chi connectivity index (χ1) is 14.7. The van der Waals surface area contributed by atoms with Gasteiger partial charge in [0.05, 0.1) is 0 Å². The molecule has 0 spiro atoms. The standard InChI is InChI=1S/C23H18N4O2S/c28-20(17-12-6-2-7-13-17)24-19(16-10-4-1-5-11-16)21(29)25-23-27-26-22(30-23)18-14-8-3-9-15-18/h1-15,19H,(H,24,28)(H,25,27,29). The lowest BCUT2D eigenvalue weighted by Crippen LogP contribution is -2.37. The van der Waals surface area contributed by atoms with Crippen molar-refractivity contribution in [2.45, 2.75) is 6.04 Å². The summed E-state index contributed by atoms with van der Waals surface area (Å²) in [6.45, 7) is 0. The Kier molecular flexibility index (Phi) is 5.91. The first-order valence-electron chi connectivity index (χ1n) is 9.31. The van der Waals surface area contributed by atoms with Crippen LogP contribution in [0.2, 0.25) is 0 Å². The molecule has 0 fully saturated rings. The molecule has 0 aliphatic carbocycles. The second-order valence-electron chi connectivity index (χ2n) is 6.45. The first kappa shape index (κ1) is 19.5. The van der Waals surface area contributed by atoms with Crippen molar-refractivity contribution < 1.29 is 9.59 Å². The third-order valence-corrected chi connectivity index (χ3v) is 5.27. The zero-order valence-electron chi connectivity index (χ0n) is 15.9. The Balaban J connectivity index is 1.54. The molecule has 0 bridgehead atoms. The molecule has 0 saturated heterocycles. The number of rotatable bonds is 6. The van der Waals surface area contributed by atoms with E-state index in [2.05, 4.69) is 20.8 Å². The van der Waals surface area contributed by atoms with Gasteiger partial charge < -0.3 is 5.32 Å².